The van der Waals surface area contributed by atoms with Gasteiger partial charge in [0.05, 0.1) is 10.4 Å². The third-order valence-electron chi connectivity index (χ3n) is 4.33. The quantitative estimate of drug-likeness (QED) is 0.347. The summed E-state index contributed by atoms with van der Waals surface area (Å²) in [5.74, 6) is 0.540. The third kappa shape index (κ3) is 4.72. The molecule has 3 aromatic rings. The number of nitrogens with one attached hydrogen (secondary N) is 2. The molecule has 0 radical (unpaired) electrons. The molecule has 1 aromatic heterocycles. The molecule has 8 heteroatoms. The first kappa shape index (κ1) is 19.5. The van der Waals surface area contributed by atoms with Gasteiger partial charge in [0.25, 0.3) is 5.69 Å². The van der Waals surface area contributed by atoms with E-state index in [0.29, 0.717) is 29.0 Å². The Kier molecular flexibility index (Phi) is 6.00. The first-order valence-corrected chi connectivity index (χ1v) is 9.09. The number of rotatable bonds is 8. The van der Waals surface area contributed by atoms with Crippen molar-refractivity contribution in [1.82, 2.24) is 14.9 Å². The van der Waals surface area contributed by atoms with Crippen LogP contribution in [0.15, 0.2) is 42.7 Å². The number of benzene rings is 2. The van der Waals surface area contributed by atoms with Crippen LogP contribution in [-0.4, -0.2) is 47.0 Å². The topological polar surface area (TPSA) is 96.2 Å². The van der Waals surface area contributed by atoms with E-state index in [1.54, 1.807) is 6.07 Å². The van der Waals surface area contributed by atoms with E-state index in [1.807, 2.05) is 45.3 Å². The first-order chi connectivity index (χ1) is 13.4. The maximum absolute atomic E-state index is 11.6. The minimum Gasteiger partial charge on any atom is -0.379 e. The van der Waals surface area contributed by atoms with Crippen LogP contribution < -0.4 is 10.6 Å². The molecule has 0 bridgehead atoms. The highest BCUT2D eigenvalue weighted by Gasteiger charge is 2.18. The minimum absolute atomic E-state index is 0.0134. The van der Waals surface area contributed by atoms with Crippen molar-refractivity contribution in [3.63, 3.8) is 0 Å². The smallest absolute Gasteiger partial charge is 0.293 e. The molecule has 0 spiro atoms. The van der Waals surface area contributed by atoms with Gasteiger partial charge >= 0.3 is 0 Å². The van der Waals surface area contributed by atoms with E-state index in [0.717, 1.165) is 24.2 Å². The molecule has 0 fully saturated rings. The normalized spacial score (nSPS) is 11.0. The zero-order valence-electron chi connectivity index (χ0n) is 16.3. The van der Waals surface area contributed by atoms with Gasteiger partial charge in [-0.15, -0.1) is 0 Å². The number of nitro benzene ring substituents is 1. The molecule has 28 heavy (non-hydrogen) atoms. The fraction of sp³-hybridized carbons (Fsp3) is 0.300. The molecule has 1 heterocycles. The van der Waals surface area contributed by atoms with Crippen LogP contribution in [0.3, 0.4) is 0 Å². The number of nitro groups is 1. The van der Waals surface area contributed by atoms with Crippen LogP contribution in [-0.2, 0) is 0 Å². The van der Waals surface area contributed by atoms with Crippen LogP contribution in [0, 0.1) is 17.0 Å². The summed E-state index contributed by atoms with van der Waals surface area (Å²) in [7, 11) is 4.00. The SMILES string of the molecule is Cc1cccc(Nc2ncnc3cc(NCCCN(C)C)c([N+](=O)[O-])cc23)c1. The van der Waals surface area contributed by atoms with Gasteiger partial charge in [0, 0.05) is 23.7 Å². The summed E-state index contributed by atoms with van der Waals surface area (Å²) in [4.78, 5) is 21.9. The van der Waals surface area contributed by atoms with E-state index in [2.05, 4.69) is 25.5 Å². The van der Waals surface area contributed by atoms with E-state index in [-0.39, 0.29) is 10.6 Å². The van der Waals surface area contributed by atoms with Gasteiger partial charge in [0.15, 0.2) is 0 Å². The predicted octanol–water partition coefficient (Wildman–Crippen LogP) is 3.95. The number of hydrogen-bond acceptors (Lipinski definition) is 7. The van der Waals surface area contributed by atoms with Gasteiger partial charge < -0.3 is 15.5 Å². The lowest BCUT2D eigenvalue weighted by atomic mass is 10.1. The van der Waals surface area contributed by atoms with Crippen molar-refractivity contribution in [2.24, 2.45) is 0 Å². The molecular formula is C20H24N6O2. The molecule has 2 N–H and O–H groups in total. The van der Waals surface area contributed by atoms with E-state index in [1.165, 1.54) is 12.4 Å². The van der Waals surface area contributed by atoms with E-state index < -0.39 is 0 Å². The number of fused-ring (bicyclic) bond motifs is 1. The summed E-state index contributed by atoms with van der Waals surface area (Å²) < 4.78 is 0. The molecule has 0 unspecified atom stereocenters. The predicted molar refractivity (Wildman–Crippen MR) is 112 cm³/mol. The molecule has 0 saturated heterocycles. The van der Waals surface area contributed by atoms with Crippen molar-refractivity contribution in [2.75, 3.05) is 37.8 Å². The third-order valence-corrected chi connectivity index (χ3v) is 4.33. The maximum atomic E-state index is 11.6. The van der Waals surface area contributed by atoms with Gasteiger partial charge in [-0.05, 0) is 57.7 Å². The molecule has 0 amide bonds. The lowest BCUT2D eigenvalue weighted by Crippen LogP contribution is -2.16. The highest BCUT2D eigenvalue weighted by atomic mass is 16.6. The van der Waals surface area contributed by atoms with Crippen LogP contribution in [0.5, 0.6) is 0 Å². The van der Waals surface area contributed by atoms with Crippen molar-refractivity contribution in [3.8, 4) is 0 Å². The van der Waals surface area contributed by atoms with Crippen molar-refractivity contribution in [3.05, 3.63) is 58.4 Å². The molecule has 0 atom stereocenters. The Balaban J connectivity index is 1.93. The Morgan fingerprint density at radius 3 is 2.71 bits per heavy atom. The Labute approximate surface area is 163 Å². The molecule has 0 aliphatic rings. The van der Waals surface area contributed by atoms with Crippen molar-refractivity contribution < 1.29 is 4.92 Å². The molecule has 0 aliphatic carbocycles. The largest absolute Gasteiger partial charge is 0.379 e. The van der Waals surface area contributed by atoms with Crippen molar-refractivity contribution in [2.45, 2.75) is 13.3 Å². The summed E-state index contributed by atoms with van der Waals surface area (Å²) in [6, 6.07) is 11.1. The van der Waals surface area contributed by atoms with Gasteiger partial charge in [-0.3, -0.25) is 10.1 Å². The molecule has 2 aromatic carbocycles. The van der Waals surface area contributed by atoms with Crippen molar-refractivity contribution in [1.29, 1.82) is 0 Å². The molecular weight excluding hydrogens is 356 g/mol. The lowest BCUT2D eigenvalue weighted by molar-refractivity contribution is -0.383. The number of aromatic nitrogens is 2. The van der Waals surface area contributed by atoms with Gasteiger partial charge in [-0.25, -0.2) is 9.97 Å². The van der Waals surface area contributed by atoms with E-state index >= 15 is 0 Å². The maximum Gasteiger partial charge on any atom is 0.293 e. The van der Waals surface area contributed by atoms with Gasteiger partial charge in [0.1, 0.15) is 17.8 Å². The Morgan fingerprint density at radius 2 is 2.00 bits per heavy atom. The Morgan fingerprint density at radius 1 is 1.18 bits per heavy atom. The monoisotopic (exact) mass is 380 g/mol. The number of nitrogens with zero attached hydrogens (tertiary/aromatic N) is 4. The highest BCUT2D eigenvalue weighted by Crippen LogP contribution is 2.33. The lowest BCUT2D eigenvalue weighted by Gasteiger charge is -2.13. The second-order valence-corrected chi connectivity index (χ2v) is 6.94. The zero-order valence-corrected chi connectivity index (χ0v) is 16.3. The summed E-state index contributed by atoms with van der Waals surface area (Å²) in [5.41, 5.74) is 3.11. The standard InChI is InChI=1S/C20H24N6O2/c1-14-6-4-7-15(10-14)24-20-16-11-19(26(27)28)18(12-17(16)22-13-23-20)21-8-5-9-25(2)3/h4,6-7,10-13,21H,5,8-9H2,1-3H3,(H,22,23,24). The summed E-state index contributed by atoms with van der Waals surface area (Å²) in [5, 5.41) is 18.6. The first-order valence-electron chi connectivity index (χ1n) is 9.09. The molecule has 146 valence electrons. The molecule has 0 aliphatic heterocycles. The average Bonchev–Trinajstić information content (AvgIpc) is 2.64. The highest BCUT2D eigenvalue weighted by molar-refractivity contribution is 5.95. The fourth-order valence-corrected chi connectivity index (χ4v) is 2.96. The second-order valence-electron chi connectivity index (χ2n) is 6.94. The van der Waals surface area contributed by atoms with Crippen LogP contribution >= 0.6 is 0 Å². The van der Waals surface area contributed by atoms with E-state index in [9.17, 15) is 10.1 Å². The van der Waals surface area contributed by atoms with Crippen LogP contribution in [0.4, 0.5) is 22.9 Å². The summed E-state index contributed by atoms with van der Waals surface area (Å²) in [6.07, 6.45) is 2.34. The second kappa shape index (κ2) is 8.62. The van der Waals surface area contributed by atoms with Crippen LogP contribution in [0.1, 0.15) is 12.0 Å². The van der Waals surface area contributed by atoms with Crippen LogP contribution in [0.25, 0.3) is 10.9 Å². The fourth-order valence-electron chi connectivity index (χ4n) is 2.96. The van der Waals surface area contributed by atoms with Gasteiger partial charge in [-0.1, -0.05) is 12.1 Å². The minimum atomic E-state index is -0.378. The van der Waals surface area contributed by atoms with Gasteiger partial charge in [-0.2, -0.15) is 0 Å². The molecule has 3 rings (SSSR count). The zero-order chi connectivity index (χ0) is 20.1. The Bertz CT molecular complexity index is 990. The number of aryl methyl sites for hydroxylation is 1. The van der Waals surface area contributed by atoms with Gasteiger partial charge in [0.2, 0.25) is 0 Å². The van der Waals surface area contributed by atoms with E-state index in [4.69, 9.17) is 0 Å². The summed E-state index contributed by atoms with van der Waals surface area (Å²) >= 11 is 0. The number of hydrogen-bond donors (Lipinski definition) is 2. The summed E-state index contributed by atoms with van der Waals surface area (Å²) in [6.45, 7) is 3.55. The van der Waals surface area contributed by atoms with Crippen LogP contribution in [0.2, 0.25) is 0 Å². The number of anilines is 3. The Hall–Kier alpha value is -3.26. The molecule has 0 saturated carbocycles. The van der Waals surface area contributed by atoms with Crippen molar-refractivity contribution >= 4 is 33.8 Å². The average molecular weight is 380 g/mol. The molecule has 8 nitrogen and oxygen atoms in total.